The number of aryl methyl sites for hydroxylation is 3. The van der Waals surface area contributed by atoms with Crippen LogP contribution in [0.3, 0.4) is 0 Å². The molecule has 0 aliphatic heterocycles. The summed E-state index contributed by atoms with van der Waals surface area (Å²) in [5, 5.41) is 4.21. The molecule has 3 aliphatic rings. The third-order valence-corrected chi connectivity index (χ3v) is 24.0. The van der Waals surface area contributed by atoms with Crippen LogP contribution in [0.4, 0.5) is 39.5 Å². The highest BCUT2D eigenvalue weighted by Gasteiger charge is 2.39. The number of alkyl halides is 9. The molecule has 0 bridgehead atoms. The van der Waals surface area contributed by atoms with Gasteiger partial charge in [0.1, 0.15) is 45.2 Å². The lowest BCUT2D eigenvalue weighted by molar-refractivity contribution is -0.138. The Morgan fingerprint density at radius 2 is 0.859 bits per heavy atom. The van der Waals surface area contributed by atoms with Gasteiger partial charge in [0.2, 0.25) is 0 Å². The first-order valence-electron chi connectivity index (χ1n) is 30.8. The van der Waals surface area contributed by atoms with Crippen molar-refractivity contribution < 1.29 is 64.8 Å². The number of rotatable bonds is 15. The van der Waals surface area contributed by atoms with Gasteiger partial charge in [-0.2, -0.15) is 44.6 Å². The van der Waals surface area contributed by atoms with Gasteiger partial charge in [0.05, 0.1) is 69.2 Å². The van der Waals surface area contributed by atoms with Crippen molar-refractivity contribution >= 4 is 74.3 Å². The average molecular weight is 1450 g/mol. The van der Waals surface area contributed by atoms with Crippen LogP contribution in [-0.2, 0) is 90.3 Å². The van der Waals surface area contributed by atoms with Gasteiger partial charge in [-0.25, -0.2) is 75.1 Å². The van der Waals surface area contributed by atoms with E-state index in [1.54, 1.807) is 72.3 Å². The molecule has 99 heavy (non-hydrogen) atoms. The summed E-state index contributed by atoms with van der Waals surface area (Å²) in [5.74, 6) is 1.64. The molecule has 0 aromatic carbocycles. The lowest BCUT2D eigenvalue weighted by Gasteiger charge is -2.08. The molecule has 3 aliphatic carbocycles. The Bertz CT molecular complexity index is 5330. The Hall–Kier alpha value is -9.17. The molecule has 0 radical (unpaired) electrons. The van der Waals surface area contributed by atoms with Crippen molar-refractivity contribution in [1.82, 2.24) is 91.6 Å². The molecule has 0 saturated heterocycles. The summed E-state index contributed by atoms with van der Waals surface area (Å²) in [7, 11) is -1.72. The van der Waals surface area contributed by atoms with E-state index in [1.165, 1.54) is 53.1 Å². The summed E-state index contributed by atoms with van der Waals surface area (Å²) in [4.78, 5) is 44.8. The van der Waals surface area contributed by atoms with Crippen LogP contribution >= 0.6 is 11.3 Å². The zero-order chi connectivity index (χ0) is 71.1. The van der Waals surface area contributed by atoms with Gasteiger partial charge in [0, 0.05) is 78.0 Å². The van der Waals surface area contributed by atoms with Gasteiger partial charge < -0.3 is 32.0 Å². The standard InChI is InChI=1S/C21H20F3N5O2S2.2C20H20F3N7O2S/c1-4-33(30,31)20-16(27-18(29(20)3)15-8-7-14(32-15)11-5-6-11)19-26-13-9-12(21(22,23)24)10-25-17(13)28(19)2;1-4-33(31,32)19-15(27-16(29(19)3)11-8-25-30(10-11)13-5-6-13)18-26-14-7-12(20(21,22)23)9-24-17(14)28(18)2;1-4-33(31,32)19-15(27-17(29(19)3)14-9-24-10-30(14)12-5-6-12)18-26-13-7-11(20(21,22)23)8-25-16(13)28(18)2/h7-11H,4-6H2,1-3H3;7-10,13H,4-6H2,1-3H3;7-10,12H,4-6H2,1-3H3. The number of thiophene rings is 1. The Morgan fingerprint density at radius 3 is 1.25 bits per heavy atom. The molecule has 12 aromatic rings. The van der Waals surface area contributed by atoms with Gasteiger partial charge in [0.25, 0.3) is 0 Å². The summed E-state index contributed by atoms with van der Waals surface area (Å²) in [6, 6.07) is 7.29. The van der Waals surface area contributed by atoms with Crippen LogP contribution in [0.5, 0.6) is 0 Å². The van der Waals surface area contributed by atoms with Crippen LogP contribution in [-0.4, -0.2) is 134 Å². The first kappa shape index (κ1) is 68.4. The molecular weight excluding hydrogens is 1390 g/mol. The van der Waals surface area contributed by atoms with Crippen LogP contribution in [0.25, 0.3) is 102 Å². The van der Waals surface area contributed by atoms with Crippen molar-refractivity contribution in [2.45, 2.75) is 111 Å². The van der Waals surface area contributed by atoms with E-state index in [-0.39, 0.29) is 106 Å². The van der Waals surface area contributed by atoms with E-state index < -0.39 is 64.7 Å². The fourth-order valence-corrected chi connectivity index (χ4v) is 16.4. The Morgan fingerprint density at radius 1 is 0.465 bits per heavy atom. The molecule has 38 heteroatoms. The van der Waals surface area contributed by atoms with Crippen LogP contribution in [0, 0.1) is 0 Å². The third-order valence-electron chi connectivity index (χ3n) is 17.3. The molecule has 25 nitrogen and oxygen atoms in total. The number of imidazole rings is 7. The average Bonchev–Trinajstić information content (AvgIpc) is 1.60. The monoisotopic (exact) mass is 1450 g/mol. The van der Waals surface area contributed by atoms with E-state index in [9.17, 15) is 64.8 Å². The normalized spacial score (nSPS) is 15.0. The highest BCUT2D eigenvalue weighted by Crippen LogP contribution is 2.47. The summed E-state index contributed by atoms with van der Waals surface area (Å²) >= 11 is 1.58. The largest absolute Gasteiger partial charge is 0.417 e. The van der Waals surface area contributed by atoms with Gasteiger partial charge in [0.15, 0.2) is 90.7 Å². The number of fused-ring (bicyclic) bond motifs is 3. The van der Waals surface area contributed by atoms with Crippen LogP contribution in [0.2, 0.25) is 0 Å². The summed E-state index contributed by atoms with van der Waals surface area (Å²) in [6.45, 7) is 4.57. The van der Waals surface area contributed by atoms with E-state index in [1.807, 2.05) is 27.6 Å². The molecule has 12 heterocycles. The Balaban J connectivity index is 0.000000133. The third kappa shape index (κ3) is 12.5. The number of halogens is 9. The van der Waals surface area contributed by atoms with Gasteiger partial charge in [-0.3, -0.25) is 4.68 Å². The van der Waals surface area contributed by atoms with Crippen molar-refractivity contribution in [3.63, 3.8) is 0 Å². The summed E-state index contributed by atoms with van der Waals surface area (Å²) in [5.41, 5.74) is -0.680. The van der Waals surface area contributed by atoms with Crippen LogP contribution < -0.4 is 0 Å². The molecule has 0 spiro atoms. The predicted molar refractivity (Wildman–Crippen MR) is 345 cm³/mol. The second-order valence-corrected chi connectivity index (χ2v) is 31.9. The SMILES string of the molecule is CCS(=O)(=O)c1c(-c2nc3cc(C(F)(F)F)cnc3n2C)nc(-c2ccc(C3CC3)s2)n1C.CCS(=O)(=O)c1c(-c2nc3cc(C(F)(F)F)cnc3n2C)nc(-c2cncn2C2CC2)n1C.CCS(=O)(=O)c1c(-c2nc3cc(C(F)(F)F)cnc3n2C)nc(-c2cnn(C3CC3)c2)n1C. The second kappa shape index (κ2) is 24.3. The molecule has 0 unspecified atom stereocenters. The maximum Gasteiger partial charge on any atom is 0.417 e. The van der Waals surface area contributed by atoms with Crippen molar-refractivity contribution in [1.29, 1.82) is 0 Å². The smallest absolute Gasteiger partial charge is 0.325 e. The number of sulfone groups is 3. The van der Waals surface area contributed by atoms with E-state index in [0.717, 1.165) is 80.2 Å². The Labute approximate surface area is 561 Å². The zero-order valence-corrected chi connectivity index (χ0v) is 57.3. The van der Waals surface area contributed by atoms with E-state index in [0.29, 0.717) is 40.7 Å². The number of nitrogens with zero attached hydrogens (tertiary/aromatic N) is 19. The van der Waals surface area contributed by atoms with Crippen molar-refractivity contribution in [2.24, 2.45) is 42.3 Å². The summed E-state index contributed by atoms with van der Waals surface area (Å²) < 4.78 is 209. The van der Waals surface area contributed by atoms with Crippen LogP contribution in [0.1, 0.15) is 98.9 Å². The molecule has 3 saturated carbocycles. The molecule has 3 fully saturated rings. The maximum atomic E-state index is 13.2. The fraction of sp³-hybridized carbons (Fsp3) is 0.393. The van der Waals surface area contributed by atoms with E-state index in [4.69, 9.17) is 0 Å². The molecule has 0 amide bonds. The van der Waals surface area contributed by atoms with Crippen LogP contribution in [0.15, 0.2) is 88.9 Å². The molecule has 0 atom stereocenters. The molecule has 0 N–H and O–H groups in total. The quantitative estimate of drug-likeness (QED) is 0.0862. The van der Waals surface area contributed by atoms with Gasteiger partial charge >= 0.3 is 18.5 Å². The van der Waals surface area contributed by atoms with E-state index >= 15 is 0 Å². The molecule has 522 valence electrons. The molecule has 15 rings (SSSR count). The molecule has 12 aromatic heterocycles. The van der Waals surface area contributed by atoms with Gasteiger partial charge in [-0.1, -0.05) is 20.8 Å². The minimum atomic E-state index is -4.57. The highest BCUT2D eigenvalue weighted by molar-refractivity contribution is 7.92. The summed E-state index contributed by atoms with van der Waals surface area (Å²) in [6.07, 6.45) is 1.61. The van der Waals surface area contributed by atoms with Crippen molar-refractivity contribution in [3.8, 4) is 68.2 Å². The minimum absolute atomic E-state index is 0.00241. The van der Waals surface area contributed by atoms with E-state index in [2.05, 4.69) is 54.9 Å². The topological polar surface area (TPSA) is 284 Å². The number of hydrogen-bond donors (Lipinski definition) is 0. The van der Waals surface area contributed by atoms with Crippen molar-refractivity contribution in [2.75, 3.05) is 17.3 Å². The molecular formula is C61H60F9N19O6S4. The number of hydrogen-bond acceptors (Lipinski definition) is 18. The van der Waals surface area contributed by atoms with Crippen molar-refractivity contribution in [3.05, 3.63) is 95.4 Å². The first-order chi connectivity index (χ1) is 46.5. The number of aromatic nitrogens is 19. The Kier molecular flexibility index (Phi) is 16.8. The maximum absolute atomic E-state index is 13.2. The number of pyridine rings is 3. The lowest BCUT2D eigenvalue weighted by Crippen LogP contribution is -2.12. The lowest BCUT2D eigenvalue weighted by atomic mass is 10.2. The zero-order valence-electron chi connectivity index (χ0n) is 54.0. The van der Waals surface area contributed by atoms with Gasteiger partial charge in [-0.15, -0.1) is 11.3 Å². The fourth-order valence-electron chi connectivity index (χ4n) is 11.6. The first-order valence-corrected chi connectivity index (χ1v) is 36.6. The van der Waals surface area contributed by atoms with Gasteiger partial charge in [-0.05, 0) is 74.8 Å². The highest BCUT2D eigenvalue weighted by atomic mass is 32.2. The predicted octanol–water partition coefficient (Wildman–Crippen LogP) is 11.5. The minimum Gasteiger partial charge on any atom is -0.325 e. The second-order valence-electron chi connectivity index (χ2n) is 24.2.